The summed E-state index contributed by atoms with van der Waals surface area (Å²) in [5.74, 6) is 0.981. The maximum atomic E-state index is 5.28. The van der Waals surface area contributed by atoms with Crippen LogP contribution in [0.15, 0.2) is 11.4 Å². The third-order valence-electron chi connectivity index (χ3n) is 3.00. The molecule has 0 aromatic carbocycles. The molecule has 104 valence electrons. The molecule has 1 rings (SSSR count). The number of thiophene rings is 1. The predicted octanol–water partition coefficient (Wildman–Crippen LogP) is 4.62. The standard InChI is InChI=1S/C15H27NOS/c1-6-9-16-13(7-8-15(2,3)4)14-10-12(17-5)11-18-14/h10-11,13,16H,6-9H2,1-5H3. The van der Waals surface area contributed by atoms with Crippen LogP contribution in [0.5, 0.6) is 5.75 Å². The van der Waals surface area contributed by atoms with Gasteiger partial charge in [0, 0.05) is 16.3 Å². The van der Waals surface area contributed by atoms with Gasteiger partial charge in [0.25, 0.3) is 0 Å². The number of nitrogens with one attached hydrogen (secondary N) is 1. The van der Waals surface area contributed by atoms with Crippen molar-refractivity contribution in [2.75, 3.05) is 13.7 Å². The number of hydrogen-bond acceptors (Lipinski definition) is 3. The Morgan fingerprint density at radius 1 is 1.39 bits per heavy atom. The topological polar surface area (TPSA) is 21.3 Å². The summed E-state index contributed by atoms with van der Waals surface area (Å²) in [6.45, 7) is 10.2. The van der Waals surface area contributed by atoms with Gasteiger partial charge in [-0.05, 0) is 37.3 Å². The Balaban J connectivity index is 2.64. The highest BCUT2D eigenvalue weighted by Crippen LogP contribution is 2.32. The molecule has 1 aromatic heterocycles. The van der Waals surface area contributed by atoms with Gasteiger partial charge in [-0.1, -0.05) is 27.7 Å². The number of methoxy groups -OCH3 is 1. The largest absolute Gasteiger partial charge is 0.496 e. The third-order valence-corrected chi connectivity index (χ3v) is 4.02. The minimum atomic E-state index is 0.396. The Hall–Kier alpha value is -0.540. The summed E-state index contributed by atoms with van der Waals surface area (Å²) in [5, 5.41) is 5.74. The summed E-state index contributed by atoms with van der Waals surface area (Å²) in [7, 11) is 1.73. The molecular weight excluding hydrogens is 242 g/mol. The molecule has 1 N–H and O–H groups in total. The molecule has 1 aromatic rings. The van der Waals surface area contributed by atoms with Crippen molar-refractivity contribution in [3.8, 4) is 5.75 Å². The normalized spacial score (nSPS) is 13.6. The van der Waals surface area contributed by atoms with Gasteiger partial charge in [-0.2, -0.15) is 0 Å². The van der Waals surface area contributed by atoms with Crippen molar-refractivity contribution in [3.05, 3.63) is 16.3 Å². The van der Waals surface area contributed by atoms with Crippen molar-refractivity contribution in [2.45, 2.75) is 53.0 Å². The van der Waals surface area contributed by atoms with Crippen LogP contribution < -0.4 is 10.1 Å². The first-order valence-electron chi connectivity index (χ1n) is 6.82. The molecule has 1 atom stereocenters. The SMILES string of the molecule is CCCNC(CCC(C)(C)C)c1cc(OC)cs1. The highest BCUT2D eigenvalue weighted by Gasteiger charge is 2.18. The monoisotopic (exact) mass is 269 g/mol. The van der Waals surface area contributed by atoms with Crippen LogP contribution in [0, 0.1) is 5.41 Å². The molecule has 0 aliphatic rings. The average molecular weight is 269 g/mol. The molecule has 0 fully saturated rings. The molecule has 3 heteroatoms. The lowest BCUT2D eigenvalue weighted by atomic mass is 9.88. The zero-order chi connectivity index (χ0) is 13.6. The van der Waals surface area contributed by atoms with Crippen LogP contribution in [-0.2, 0) is 0 Å². The van der Waals surface area contributed by atoms with Gasteiger partial charge >= 0.3 is 0 Å². The first kappa shape index (κ1) is 15.5. The number of hydrogen-bond donors (Lipinski definition) is 1. The lowest BCUT2D eigenvalue weighted by Crippen LogP contribution is -2.23. The summed E-state index contributed by atoms with van der Waals surface area (Å²) in [6.07, 6.45) is 3.59. The van der Waals surface area contributed by atoms with Crippen molar-refractivity contribution < 1.29 is 4.74 Å². The maximum Gasteiger partial charge on any atom is 0.129 e. The highest BCUT2D eigenvalue weighted by atomic mass is 32.1. The molecule has 0 bridgehead atoms. The van der Waals surface area contributed by atoms with Gasteiger partial charge in [0.05, 0.1) is 7.11 Å². The second-order valence-corrected chi connectivity index (χ2v) is 6.94. The number of rotatable bonds is 7. The van der Waals surface area contributed by atoms with Crippen LogP contribution in [-0.4, -0.2) is 13.7 Å². The second kappa shape index (κ2) is 7.15. The van der Waals surface area contributed by atoms with Gasteiger partial charge in [-0.15, -0.1) is 11.3 Å². The Morgan fingerprint density at radius 2 is 2.11 bits per heavy atom. The minimum absolute atomic E-state index is 0.396. The van der Waals surface area contributed by atoms with Gasteiger partial charge < -0.3 is 10.1 Å². The van der Waals surface area contributed by atoms with Gasteiger partial charge in [-0.25, -0.2) is 0 Å². The molecule has 2 nitrogen and oxygen atoms in total. The molecule has 0 aliphatic carbocycles. The van der Waals surface area contributed by atoms with E-state index in [-0.39, 0.29) is 0 Å². The fraction of sp³-hybridized carbons (Fsp3) is 0.733. The van der Waals surface area contributed by atoms with Crippen LogP contribution in [0.4, 0.5) is 0 Å². The van der Waals surface area contributed by atoms with Gasteiger partial charge in [0.1, 0.15) is 5.75 Å². The fourth-order valence-corrected chi connectivity index (χ4v) is 2.83. The van der Waals surface area contributed by atoms with Crippen molar-refractivity contribution in [1.29, 1.82) is 0 Å². The van der Waals surface area contributed by atoms with E-state index < -0.39 is 0 Å². The molecule has 0 radical (unpaired) electrons. The first-order valence-corrected chi connectivity index (χ1v) is 7.70. The van der Waals surface area contributed by atoms with Crippen molar-refractivity contribution in [2.24, 2.45) is 5.41 Å². The second-order valence-electron chi connectivity index (χ2n) is 5.99. The smallest absolute Gasteiger partial charge is 0.129 e. The van der Waals surface area contributed by atoms with E-state index in [1.807, 2.05) is 0 Å². The van der Waals surface area contributed by atoms with E-state index in [4.69, 9.17) is 4.74 Å². The molecule has 0 saturated heterocycles. The molecule has 0 amide bonds. The lowest BCUT2D eigenvalue weighted by molar-refractivity contribution is 0.333. The summed E-state index contributed by atoms with van der Waals surface area (Å²) >= 11 is 1.80. The van der Waals surface area contributed by atoms with E-state index in [1.54, 1.807) is 18.4 Å². The summed E-state index contributed by atoms with van der Waals surface area (Å²) in [6, 6.07) is 2.64. The highest BCUT2D eigenvalue weighted by molar-refractivity contribution is 7.10. The van der Waals surface area contributed by atoms with Crippen LogP contribution in [0.1, 0.15) is 57.9 Å². The van der Waals surface area contributed by atoms with E-state index in [1.165, 1.54) is 24.1 Å². The van der Waals surface area contributed by atoms with Crippen LogP contribution >= 0.6 is 11.3 Å². The van der Waals surface area contributed by atoms with E-state index >= 15 is 0 Å². The molecule has 0 spiro atoms. The molecule has 0 saturated carbocycles. The molecule has 1 unspecified atom stereocenters. The Kier molecular flexibility index (Phi) is 6.16. The van der Waals surface area contributed by atoms with Crippen molar-refractivity contribution in [1.82, 2.24) is 5.32 Å². The third kappa shape index (κ3) is 5.40. The fourth-order valence-electron chi connectivity index (χ4n) is 1.86. The first-order chi connectivity index (χ1) is 8.46. The van der Waals surface area contributed by atoms with Crippen LogP contribution in [0.25, 0.3) is 0 Å². The van der Waals surface area contributed by atoms with Gasteiger partial charge in [0.15, 0.2) is 0 Å². The minimum Gasteiger partial charge on any atom is -0.496 e. The summed E-state index contributed by atoms with van der Waals surface area (Å²) in [5.41, 5.74) is 0.396. The van der Waals surface area contributed by atoms with E-state index in [0.717, 1.165) is 12.3 Å². The lowest BCUT2D eigenvalue weighted by Gasteiger charge is -2.23. The van der Waals surface area contributed by atoms with Crippen LogP contribution in [0.3, 0.4) is 0 Å². The van der Waals surface area contributed by atoms with Crippen LogP contribution in [0.2, 0.25) is 0 Å². The molecular formula is C15H27NOS. The number of ether oxygens (including phenoxy) is 1. The average Bonchev–Trinajstić information content (AvgIpc) is 2.76. The van der Waals surface area contributed by atoms with E-state index in [2.05, 4.69) is 44.5 Å². The maximum absolute atomic E-state index is 5.28. The summed E-state index contributed by atoms with van der Waals surface area (Å²) < 4.78 is 5.28. The Morgan fingerprint density at radius 3 is 2.61 bits per heavy atom. The van der Waals surface area contributed by atoms with Gasteiger partial charge in [0.2, 0.25) is 0 Å². The van der Waals surface area contributed by atoms with Gasteiger partial charge in [-0.3, -0.25) is 0 Å². The zero-order valence-corrected chi connectivity index (χ0v) is 13.2. The van der Waals surface area contributed by atoms with Crippen molar-refractivity contribution >= 4 is 11.3 Å². The molecule has 18 heavy (non-hydrogen) atoms. The quantitative estimate of drug-likeness (QED) is 0.779. The Labute approximate surface area is 116 Å². The Bertz CT molecular complexity index is 341. The van der Waals surface area contributed by atoms with Crippen molar-refractivity contribution in [3.63, 3.8) is 0 Å². The van der Waals surface area contributed by atoms with E-state index in [9.17, 15) is 0 Å². The predicted molar refractivity (Wildman–Crippen MR) is 80.6 cm³/mol. The molecule has 1 heterocycles. The van der Waals surface area contributed by atoms with E-state index in [0.29, 0.717) is 11.5 Å². The summed E-state index contributed by atoms with van der Waals surface area (Å²) in [4.78, 5) is 1.39. The molecule has 0 aliphatic heterocycles. The zero-order valence-electron chi connectivity index (χ0n) is 12.4.